The Balaban J connectivity index is 2.39. The van der Waals surface area contributed by atoms with Gasteiger partial charge in [-0.3, -0.25) is 0 Å². The van der Waals surface area contributed by atoms with E-state index < -0.39 is 0 Å². The van der Waals surface area contributed by atoms with Gasteiger partial charge in [-0.15, -0.1) is 0 Å². The second-order valence-electron chi connectivity index (χ2n) is 5.42. The van der Waals surface area contributed by atoms with E-state index in [1.54, 1.807) is 0 Å². The molecule has 1 rings (SSSR count). The molecule has 0 bridgehead atoms. The van der Waals surface area contributed by atoms with Gasteiger partial charge in [0.15, 0.2) is 0 Å². The second-order valence-corrected chi connectivity index (χ2v) is 5.42. The molecule has 0 saturated heterocycles. The van der Waals surface area contributed by atoms with Gasteiger partial charge < -0.3 is 9.94 Å². The van der Waals surface area contributed by atoms with Crippen LogP contribution < -0.4 is 4.74 Å². The Hall–Kier alpha value is -1.51. The van der Waals surface area contributed by atoms with Gasteiger partial charge in [-0.25, -0.2) is 0 Å². The Bertz CT molecular complexity index is 416. The molecule has 0 fully saturated rings. The number of oxime groups is 1. The number of unbranched alkanes of at least 4 members (excludes halogenated alkanes) is 6. The molecule has 0 aliphatic heterocycles. The van der Waals surface area contributed by atoms with E-state index in [4.69, 9.17) is 9.94 Å². The lowest BCUT2D eigenvalue weighted by atomic mass is 10.0. The van der Waals surface area contributed by atoms with Crippen molar-refractivity contribution in [1.82, 2.24) is 0 Å². The molecule has 118 valence electrons. The largest absolute Gasteiger partial charge is 0.493 e. The SMILES string of the molecule is CCCCCCCCCc1ccc(OCC)c(C=NO)c1. The van der Waals surface area contributed by atoms with Crippen LogP contribution >= 0.6 is 0 Å². The van der Waals surface area contributed by atoms with Crippen LogP contribution in [-0.4, -0.2) is 18.0 Å². The van der Waals surface area contributed by atoms with Gasteiger partial charge in [0, 0.05) is 5.56 Å². The third-order valence-corrected chi connectivity index (χ3v) is 3.64. The summed E-state index contributed by atoms with van der Waals surface area (Å²) in [6, 6.07) is 6.13. The summed E-state index contributed by atoms with van der Waals surface area (Å²) in [4.78, 5) is 0. The predicted molar refractivity (Wildman–Crippen MR) is 88.7 cm³/mol. The summed E-state index contributed by atoms with van der Waals surface area (Å²) in [7, 11) is 0. The molecule has 0 unspecified atom stereocenters. The lowest BCUT2D eigenvalue weighted by Crippen LogP contribution is -1.98. The number of ether oxygens (including phenoxy) is 1. The van der Waals surface area contributed by atoms with Gasteiger partial charge in [0.05, 0.1) is 12.8 Å². The van der Waals surface area contributed by atoms with E-state index in [0.29, 0.717) is 6.61 Å². The smallest absolute Gasteiger partial charge is 0.128 e. The Morgan fingerprint density at radius 2 is 1.76 bits per heavy atom. The molecule has 0 saturated carbocycles. The van der Waals surface area contributed by atoms with Crippen LogP contribution in [0.4, 0.5) is 0 Å². The molecule has 0 amide bonds. The van der Waals surface area contributed by atoms with Crippen molar-refractivity contribution < 1.29 is 9.94 Å². The van der Waals surface area contributed by atoms with Crippen molar-refractivity contribution >= 4 is 6.21 Å². The fraction of sp³-hybridized carbons (Fsp3) is 0.611. The van der Waals surface area contributed by atoms with Crippen molar-refractivity contribution in [3.63, 3.8) is 0 Å². The lowest BCUT2D eigenvalue weighted by molar-refractivity contribution is 0.320. The minimum absolute atomic E-state index is 0.614. The molecule has 0 spiro atoms. The molecule has 3 heteroatoms. The Kier molecular flexibility index (Phi) is 9.34. The lowest BCUT2D eigenvalue weighted by Gasteiger charge is -2.09. The molecule has 0 atom stereocenters. The van der Waals surface area contributed by atoms with Gasteiger partial charge in [-0.1, -0.05) is 56.7 Å². The van der Waals surface area contributed by atoms with Crippen molar-refractivity contribution in [1.29, 1.82) is 0 Å². The summed E-state index contributed by atoms with van der Waals surface area (Å²) in [5, 5.41) is 11.9. The Labute approximate surface area is 129 Å². The molecule has 0 radical (unpaired) electrons. The molecule has 0 heterocycles. The zero-order valence-corrected chi connectivity index (χ0v) is 13.5. The molecule has 3 nitrogen and oxygen atoms in total. The number of hydrogen-bond acceptors (Lipinski definition) is 3. The average Bonchev–Trinajstić information content (AvgIpc) is 2.49. The first-order valence-electron chi connectivity index (χ1n) is 8.25. The van der Waals surface area contributed by atoms with Crippen LogP contribution in [0.1, 0.15) is 69.9 Å². The molecular formula is C18H29NO2. The molecule has 1 aromatic carbocycles. The number of rotatable bonds is 11. The molecule has 0 aliphatic rings. The highest BCUT2D eigenvalue weighted by molar-refractivity contribution is 5.83. The van der Waals surface area contributed by atoms with E-state index in [1.807, 2.05) is 13.0 Å². The summed E-state index contributed by atoms with van der Waals surface area (Å²) < 4.78 is 5.52. The van der Waals surface area contributed by atoms with Gasteiger partial charge in [-0.2, -0.15) is 0 Å². The standard InChI is InChI=1S/C18H29NO2/c1-3-5-6-7-8-9-10-11-16-12-13-18(21-4-2)17(14-16)15-19-20/h12-15,20H,3-11H2,1-2H3. The van der Waals surface area contributed by atoms with Gasteiger partial charge in [0.2, 0.25) is 0 Å². The Morgan fingerprint density at radius 3 is 2.43 bits per heavy atom. The van der Waals surface area contributed by atoms with Crippen molar-refractivity contribution in [2.75, 3.05) is 6.61 Å². The van der Waals surface area contributed by atoms with Crippen LogP contribution in [0.25, 0.3) is 0 Å². The highest BCUT2D eigenvalue weighted by atomic mass is 16.5. The molecule has 0 aromatic heterocycles. The minimum Gasteiger partial charge on any atom is -0.493 e. The molecular weight excluding hydrogens is 262 g/mol. The summed E-state index contributed by atoms with van der Waals surface area (Å²) >= 11 is 0. The molecule has 1 N–H and O–H groups in total. The monoisotopic (exact) mass is 291 g/mol. The average molecular weight is 291 g/mol. The summed E-state index contributed by atoms with van der Waals surface area (Å²) in [6.45, 7) is 4.81. The van der Waals surface area contributed by atoms with Gasteiger partial charge in [-0.05, 0) is 37.5 Å². The van der Waals surface area contributed by atoms with Crippen molar-refractivity contribution in [3.05, 3.63) is 29.3 Å². The van der Waals surface area contributed by atoms with Crippen LogP contribution in [-0.2, 0) is 6.42 Å². The Morgan fingerprint density at radius 1 is 1.05 bits per heavy atom. The quantitative estimate of drug-likeness (QED) is 0.264. The summed E-state index contributed by atoms with van der Waals surface area (Å²) in [6.07, 6.45) is 11.8. The van der Waals surface area contributed by atoms with Gasteiger partial charge in [0.1, 0.15) is 5.75 Å². The third-order valence-electron chi connectivity index (χ3n) is 3.64. The zero-order valence-electron chi connectivity index (χ0n) is 13.5. The number of benzene rings is 1. The van der Waals surface area contributed by atoms with Gasteiger partial charge in [0.25, 0.3) is 0 Å². The van der Waals surface area contributed by atoms with E-state index in [0.717, 1.165) is 17.7 Å². The summed E-state index contributed by atoms with van der Waals surface area (Å²) in [5.74, 6) is 0.776. The molecule has 0 aliphatic carbocycles. The van der Waals surface area contributed by atoms with Gasteiger partial charge >= 0.3 is 0 Å². The zero-order chi connectivity index (χ0) is 15.3. The van der Waals surface area contributed by atoms with E-state index in [9.17, 15) is 0 Å². The van der Waals surface area contributed by atoms with Crippen LogP contribution in [0, 0.1) is 0 Å². The normalized spacial score (nSPS) is 11.1. The molecule has 1 aromatic rings. The third kappa shape index (κ3) is 7.16. The number of hydrogen-bond donors (Lipinski definition) is 1. The predicted octanol–water partition coefficient (Wildman–Crippen LogP) is 5.19. The van der Waals surface area contributed by atoms with E-state index in [2.05, 4.69) is 24.2 Å². The van der Waals surface area contributed by atoms with Crippen LogP contribution in [0.3, 0.4) is 0 Å². The highest BCUT2D eigenvalue weighted by Gasteiger charge is 2.03. The number of nitrogens with zero attached hydrogens (tertiary/aromatic N) is 1. The first kappa shape index (κ1) is 17.5. The van der Waals surface area contributed by atoms with Crippen molar-refractivity contribution in [2.24, 2.45) is 5.16 Å². The van der Waals surface area contributed by atoms with Crippen molar-refractivity contribution in [3.8, 4) is 5.75 Å². The van der Waals surface area contributed by atoms with Crippen LogP contribution in [0.2, 0.25) is 0 Å². The van der Waals surface area contributed by atoms with Crippen LogP contribution in [0.15, 0.2) is 23.4 Å². The van der Waals surface area contributed by atoms with E-state index >= 15 is 0 Å². The maximum absolute atomic E-state index is 8.73. The first-order valence-corrected chi connectivity index (χ1v) is 8.25. The highest BCUT2D eigenvalue weighted by Crippen LogP contribution is 2.20. The topological polar surface area (TPSA) is 41.8 Å². The van der Waals surface area contributed by atoms with E-state index in [-0.39, 0.29) is 0 Å². The summed E-state index contributed by atoms with van der Waals surface area (Å²) in [5.41, 5.74) is 2.13. The maximum atomic E-state index is 8.73. The van der Waals surface area contributed by atoms with Crippen molar-refractivity contribution in [2.45, 2.75) is 65.2 Å². The number of aryl methyl sites for hydroxylation is 1. The maximum Gasteiger partial charge on any atom is 0.128 e. The van der Waals surface area contributed by atoms with E-state index in [1.165, 1.54) is 56.7 Å². The first-order chi connectivity index (χ1) is 10.3. The fourth-order valence-corrected chi connectivity index (χ4v) is 2.49. The second kappa shape index (κ2) is 11.2. The molecule has 21 heavy (non-hydrogen) atoms. The fourth-order valence-electron chi connectivity index (χ4n) is 2.49. The van der Waals surface area contributed by atoms with Crippen LogP contribution in [0.5, 0.6) is 5.75 Å². The minimum atomic E-state index is 0.614.